The molecule has 0 atom stereocenters. The molecule has 6 heteroatoms. The number of fused-ring (bicyclic) bond motifs is 1. The zero-order valence-electron chi connectivity index (χ0n) is 10.4. The first-order valence-electron chi connectivity index (χ1n) is 6.05. The zero-order valence-corrected chi connectivity index (χ0v) is 14.3. The smallest absolute Gasteiger partial charge is 0.164 e. The standard InChI is InChI=1S/C14H10Br2ClN3/c15-9-3-1-4-10(16)13(9)20-12(6-7-17)19-11-5-2-8-18-14(11)20/h1-5,8H,6-7H2. The Morgan fingerprint density at radius 2 is 1.85 bits per heavy atom. The van der Waals surface area contributed by atoms with Gasteiger partial charge in [-0.15, -0.1) is 11.6 Å². The van der Waals surface area contributed by atoms with Crippen molar-refractivity contribution in [3.63, 3.8) is 0 Å². The van der Waals surface area contributed by atoms with Crippen LogP contribution in [0.25, 0.3) is 16.9 Å². The monoisotopic (exact) mass is 413 g/mol. The number of pyridine rings is 1. The molecule has 0 saturated heterocycles. The van der Waals surface area contributed by atoms with Crippen LogP contribution in [0.5, 0.6) is 0 Å². The molecule has 102 valence electrons. The number of imidazole rings is 1. The second-order valence-electron chi connectivity index (χ2n) is 4.22. The molecule has 2 aromatic heterocycles. The molecule has 3 aromatic rings. The quantitative estimate of drug-likeness (QED) is 0.579. The lowest BCUT2D eigenvalue weighted by Gasteiger charge is -2.12. The Bertz CT molecular complexity index is 750. The fourth-order valence-corrected chi connectivity index (χ4v) is 3.67. The van der Waals surface area contributed by atoms with Crippen molar-refractivity contribution < 1.29 is 0 Å². The number of rotatable bonds is 3. The molecule has 0 bridgehead atoms. The van der Waals surface area contributed by atoms with Crippen LogP contribution < -0.4 is 0 Å². The first kappa shape index (κ1) is 14.0. The number of para-hydroxylation sites is 1. The predicted octanol–water partition coefficient (Wildman–Crippen LogP) is 4.73. The molecule has 0 saturated carbocycles. The molecule has 0 aliphatic carbocycles. The normalized spacial score (nSPS) is 11.2. The van der Waals surface area contributed by atoms with Crippen LogP contribution in [-0.4, -0.2) is 20.4 Å². The van der Waals surface area contributed by atoms with Crippen LogP contribution in [-0.2, 0) is 6.42 Å². The van der Waals surface area contributed by atoms with Crippen molar-refractivity contribution in [2.45, 2.75) is 6.42 Å². The van der Waals surface area contributed by atoms with Gasteiger partial charge in [0.25, 0.3) is 0 Å². The van der Waals surface area contributed by atoms with Crippen molar-refractivity contribution in [3.05, 3.63) is 51.3 Å². The minimum absolute atomic E-state index is 0.519. The van der Waals surface area contributed by atoms with Gasteiger partial charge in [-0.25, -0.2) is 9.97 Å². The molecule has 0 fully saturated rings. The Hall–Kier alpha value is -0.910. The van der Waals surface area contributed by atoms with Crippen molar-refractivity contribution in [1.82, 2.24) is 14.5 Å². The SMILES string of the molecule is ClCCc1nc2cccnc2n1-c1c(Br)cccc1Br. The molecule has 3 nitrogen and oxygen atoms in total. The summed E-state index contributed by atoms with van der Waals surface area (Å²) in [6.45, 7) is 0. The van der Waals surface area contributed by atoms with E-state index >= 15 is 0 Å². The summed E-state index contributed by atoms with van der Waals surface area (Å²) >= 11 is 13.1. The van der Waals surface area contributed by atoms with E-state index in [4.69, 9.17) is 11.6 Å². The van der Waals surface area contributed by atoms with Gasteiger partial charge in [0, 0.05) is 27.4 Å². The molecule has 1 aromatic carbocycles. The number of hydrogen-bond donors (Lipinski definition) is 0. The van der Waals surface area contributed by atoms with Crippen molar-refractivity contribution in [2.24, 2.45) is 0 Å². The summed E-state index contributed by atoms with van der Waals surface area (Å²) in [6, 6.07) is 9.82. The minimum Gasteiger partial charge on any atom is -0.278 e. The van der Waals surface area contributed by atoms with E-state index in [9.17, 15) is 0 Å². The highest BCUT2D eigenvalue weighted by Gasteiger charge is 2.17. The third kappa shape index (κ3) is 2.38. The number of benzene rings is 1. The average molecular weight is 416 g/mol. The largest absolute Gasteiger partial charge is 0.278 e. The number of alkyl halides is 1. The van der Waals surface area contributed by atoms with Gasteiger partial charge >= 0.3 is 0 Å². The van der Waals surface area contributed by atoms with E-state index in [1.165, 1.54) is 0 Å². The molecule has 0 amide bonds. The van der Waals surface area contributed by atoms with E-state index in [2.05, 4.69) is 41.8 Å². The highest BCUT2D eigenvalue weighted by molar-refractivity contribution is 9.11. The molecule has 0 spiro atoms. The maximum absolute atomic E-state index is 5.91. The number of aromatic nitrogens is 3. The number of aryl methyl sites for hydroxylation is 1. The summed E-state index contributed by atoms with van der Waals surface area (Å²) in [5.41, 5.74) is 2.70. The lowest BCUT2D eigenvalue weighted by Crippen LogP contribution is -2.04. The van der Waals surface area contributed by atoms with Gasteiger partial charge in [0.2, 0.25) is 0 Å². The van der Waals surface area contributed by atoms with Crippen molar-refractivity contribution in [1.29, 1.82) is 0 Å². The summed E-state index contributed by atoms with van der Waals surface area (Å²) in [7, 11) is 0. The maximum Gasteiger partial charge on any atom is 0.164 e. The molecule has 0 aliphatic rings. The second-order valence-corrected chi connectivity index (χ2v) is 6.31. The minimum atomic E-state index is 0.519. The molecule has 0 aliphatic heterocycles. The fraction of sp³-hybridized carbons (Fsp3) is 0.143. The van der Waals surface area contributed by atoms with E-state index < -0.39 is 0 Å². The number of nitrogens with zero attached hydrogens (tertiary/aromatic N) is 3. The molecule has 0 radical (unpaired) electrons. The zero-order chi connectivity index (χ0) is 14.1. The molecule has 0 N–H and O–H groups in total. The van der Waals surface area contributed by atoms with Gasteiger partial charge < -0.3 is 0 Å². The van der Waals surface area contributed by atoms with Crippen molar-refractivity contribution >= 4 is 54.6 Å². The molecule has 20 heavy (non-hydrogen) atoms. The maximum atomic E-state index is 5.91. The van der Waals surface area contributed by atoms with Crippen molar-refractivity contribution in [2.75, 3.05) is 5.88 Å². The van der Waals surface area contributed by atoms with Gasteiger partial charge in [-0.3, -0.25) is 4.57 Å². The van der Waals surface area contributed by atoms with Crippen LogP contribution in [0.15, 0.2) is 45.5 Å². The molecule has 0 unspecified atom stereocenters. The first-order chi connectivity index (χ1) is 9.72. The Morgan fingerprint density at radius 1 is 1.10 bits per heavy atom. The van der Waals surface area contributed by atoms with E-state index in [0.29, 0.717) is 12.3 Å². The van der Waals surface area contributed by atoms with Crippen LogP contribution in [0.1, 0.15) is 5.82 Å². The Morgan fingerprint density at radius 3 is 2.55 bits per heavy atom. The lowest BCUT2D eigenvalue weighted by atomic mass is 10.3. The summed E-state index contributed by atoms with van der Waals surface area (Å²) in [4.78, 5) is 9.09. The van der Waals surface area contributed by atoms with Crippen LogP contribution in [0.2, 0.25) is 0 Å². The van der Waals surface area contributed by atoms with E-state index in [1.807, 2.05) is 34.9 Å². The summed E-state index contributed by atoms with van der Waals surface area (Å²) in [5, 5.41) is 0. The van der Waals surface area contributed by atoms with Crippen LogP contribution in [0.4, 0.5) is 0 Å². The van der Waals surface area contributed by atoms with Gasteiger partial charge in [0.15, 0.2) is 5.65 Å². The summed E-state index contributed by atoms with van der Waals surface area (Å²) < 4.78 is 4.01. The van der Waals surface area contributed by atoms with Gasteiger partial charge in [0.05, 0.1) is 5.69 Å². The van der Waals surface area contributed by atoms with Gasteiger partial charge in [-0.2, -0.15) is 0 Å². The van der Waals surface area contributed by atoms with Crippen LogP contribution in [0.3, 0.4) is 0 Å². The van der Waals surface area contributed by atoms with Crippen molar-refractivity contribution in [3.8, 4) is 5.69 Å². The topological polar surface area (TPSA) is 30.7 Å². The number of hydrogen-bond acceptors (Lipinski definition) is 2. The highest BCUT2D eigenvalue weighted by Crippen LogP contribution is 2.32. The summed E-state index contributed by atoms with van der Waals surface area (Å²) in [5.74, 6) is 1.42. The molecule has 3 rings (SSSR count). The van der Waals surface area contributed by atoms with Gasteiger partial charge in [-0.1, -0.05) is 6.07 Å². The van der Waals surface area contributed by atoms with E-state index in [-0.39, 0.29) is 0 Å². The number of halogens is 3. The molecule has 2 heterocycles. The second kappa shape index (κ2) is 5.84. The Labute approximate surface area is 138 Å². The first-order valence-corrected chi connectivity index (χ1v) is 8.17. The van der Waals surface area contributed by atoms with Gasteiger partial charge in [0.1, 0.15) is 11.3 Å². The van der Waals surface area contributed by atoms with Crippen LogP contribution >= 0.6 is 43.5 Å². The third-order valence-corrected chi connectivity index (χ3v) is 4.43. The van der Waals surface area contributed by atoms with E-state index in [1.54, 1.807) is 6.20 Å². The average Bonchev–Trinajstić information content (AvgIpc) is 2.78. The van der Waals surface area contributed by atoms with Gasteiger partial charge in [-0.05, 0) is 56.1 Å². The molecular formula is C14H10Br2ClN3. The Balaban J connectivity index is 2.36. The lowest BCUT2D eigenvalue weighted by molar-refractivity contribution is 0.899. The molecular weight excluding hydrogens is 405 g/mol. The third-order valence-electron chi connectivity index (χ3n) is 2.96. The summed E-state index contributed by atoms with van der Waals surface area (Å²) in [6.07, 6.45) is 2.46. The highest BCUT2D eigenvalue weighted by atomic mass is 79.9. The van der Waals surface area contributed by atoms with Crippen LogP contribution in [0, 0.1) is 0 Å². The van der Waals surface area contributed by atoms with E-state index in [0.717, 1.165) is 31.6 Å². The predicted molar refractivity (Wildman–Crippen MR) is 88.7 cm³/mol. The fourth-order valence-electron chi connectivity index (χ4n) is 2.15. The Kier molecular flexibility index (Phi) is 4.10.